The molecule has 1 aromatic carbocycles. The van der Waals surface area contributed by atoms with Gasteiger partial charge < -0.3 is 5.11 Å². The molecule has 1 aromatic rings. The monoisotopic (exact) mass is 257 g/mol. The Morgan fingerprint density at radius 2 is 2.19 bits per heavy atom. The summed E-state index contributed by atoms with van der Waals surface area (Å²) in [5.41, 5.74) is -0.979. The van der Waals surface area contributed by atoms with E-state index in [4.69, 9.17) is 28.5 Å². The van der Waals surface area contributed by atoms with Gasteiger partial charge in [-0.2, -0.15) is 5.26 Å². The second-order valence-electron chi connectivity index (χ2n) is 3.60. The largest absolute Gasteiger partial charge is 0.481 e. The van der Waals surface area contributed by atoms with Crippen molar-refractivity contribution in [1.29, 1.82) is 5.26 Å². The maximum atomic E-state index is 11.2. The maximum absolute atomic E-state index is 11.2. The number of carbonyl (C=O) groups is 1. The fourth-order valence-electron chi connectivity index (χ4n) is 1.36. The Kier molecular flexibility index (Phi) is 3.79. The number of carboxylic acids is 1. The van der Waals surface area contributed by atoms with Gasteiger partial charge in [-0.05, 0) is 30.7 Å². The topological polar surface area (TPSA) is 61.1 Å². The number of nitriles is 1. The minimum absolute atomic E-state index is 0.164. The molecule has 0 saturated heterocycles. The van der Waals surface area contributed by atoms with Gasteiger partial charge in [0.15, 0.2) is 0 Å². The summed E-state index contributed by atoms with van der Waals surface area (Å²) in [4.78, 5) is 11.2. The Balaban J connectivity index is 3.38. The molecule has 0 aliphatic rings. The molecule has 0 aromatic heterocycles. The first-order valence-electron chi connectivity index (χ1n) is 4.47. The van der Waals surface area contributed by atoms with Gasteiger partial charge in [-0.1, -0.05) is 23.2 Å². The lowest BCUT2D eigenvalue weighted by Crippen LogP contribution is -2.32. The van der Waals surface area contributed by atoms with Crippen LogP contribution in [0.1, 0.15) is 18.9 Å². The van der Waals surface area contributed by atoms with Gasteiger partial charge in [-0.3, -0.25) is 4.79 Å². The zero-order valence-corrected chi connectivity index (χ0v) is 10.0. The number of carboxylic acid groups (broad SMARTS) is 1. The highest BCUT2D eigenvalue weighted by Crippen LogP contribution is 2.34. The second kappa shape index (κ2) is 4.73. The van der Waals surface area contributed by atoms with Gasteiger partial charge in [0.1, 0.15) is 5.41 Å². The van der Waals surface area contributed by atoms with E-state index in [0.717, 1.165) is 0 Å². The van der Waals surface area contributed by atoms with E-state index in [0.29, 0.717) is 15.6 Å². The molecule has 0 spiro atoms. The number of hydrogen-bond acceptors (Lipinski definition) is 2. The molecule has 0 saturated carbocycles. The van der Waals surface area contributed by atoms with Crippen molar-refractivity contribution in [2.45, 2.75) is 18.8 Å². The van der Waals surface area contributed by atoms with E-state index in [1.807, 2.05) is 6.07 Å². The summed E-state index contributed by atoms with van der Waals surface area (Å²) in [6.45, 7) is 1.45. The van der Waals surface area contributed by atoms with Gasteiger partial charge in [0.05, 0.1) is 12.5 Å². The number of nitrogens with zero attached hydrogens (tertiary/aromatic N) is 1. The molecular weight excluding hydrogens is 249 g/mol. The summed E-state index contributed by atoms with van der Waals surface area (Å²) in [6, 6.07) is 6.43. The van der Waals surface area contributed by atoms with E-state index < -0.39 is 11.4 Å². The van der Waals surface area contributed by atoms with Crippen LogP contribution in [0, 0.1) is 11.3 Å². The van der Waals surface area contributed by atoms with Gasteiger partial charge >= 0.3 is 5.97 Å². The third-order valence-corrected chi connectivity index (χ3v) is 2.99. The number of benzene rings is 1. The van der Waals surface area contributed by atoms with Gasteiger partial charge in [0.2, 0.25) is 0 Å². The first-order chi connectivity index (χ1) is 7.41. The number of aliphatic carboxylic acids is 1. The van der Waals surface area contributed by atoms with E-state index in [1.165, 1.54) is 19.1 Å². The second-order valence-corrected chi connectivity index (χ2v) is 4.44. The van der Waals surface area contributed by atoms with Crippen molar-refractivity contribution in [3.8, 4) is 6.07 Å². The number of rotatable bonds is 3. The molecule has 1 N–H and O–H groups in total. The van der Waals surface area contributed by atoms with Gasteiger partial charge in [0.25, 0.3) is 0 Å². The van der Waals surface area contributed by atoms with Gasteiger partial charge in [-0.25, -0.2) is 0 Å². The lowest BCUT2D eigenvalue weighted by Gasteiger charge is -2.23. The quantitative estimate of drug-likeness (QED) is 0.905. The van der Waals surface area contributed by atoms with Crippen molar-refractivity contribution in [3.63, 3.8) is 0 Å². The van der Waals surface area contributed by atoms with Crippen molar-refractivity contribution in [2.75, 3.05) is 0 Å². The predicted molar refractivity (Wildman–Crippen MR) is 61.7 cm³/mol. The van der Waals surface area contributed by atoms with Crippen LogP contribution in [0.15, 0.2) is 18.2 Å². The molecule has 0 aliphatic carbocycles. The molecule has 84 valence electrons. The molecule has 0 heterocycles. The molecule has 1 rings (SSSR count). The summed E-state index contributed by atoms with van der Waals surface area (Å²) in [5.74, 6) is -1.10. The van der Waals surface area contributed by atoms with Gasteiger partial charge in [0, 0.05) is 10.0 Å². The van der Waals surface area contributed by atoms with Crippen LogP contribution >= 0.6 is 23.2 Å². The van der Waals surface area contributed by atoms with Crippen LogP contribution < -0.4 is 0 Å². The molecule has 5 heteroatoms. The SMILES string of the molecule is CC(CC#N)(C(=O)O)c1cc(Cl)ccc1Cl. The van der Waals surface area contributed by atoms with Crippen molar-refractivity contribution in [3.05, 3.63) is 33.8 Å². The average Bonchev–Trinajstić information content (AvgIpc) is 2.21. The minimum atomic E-state index is -1.34. The van der Waals surface area contributed by atoms with Crippen LogP contribution in [-0.2, 0) is 10.2 Å². The lowest BCUT2D eigenvalue weighted by atomic mass is 9.80. The van der Waals surface area contributed by atoms with Gasteiger partial charge in [-0.15, -0.1) is 0 Å². The third-order valence-electron chi connectivity index (χ3n) is 2.43. The molecule has 3 nitrogen and oxygen atoms in total. The Hall–Kier alpha value is -1.24. The van der Waals surface area contributed by atoms with E-state index in [1.54, 1.807) is 6.07 Å². The lowest BCUT2D eigenvalue weighted by molar-refractivity contribution is -0.143. The number of hydrogen-bond donors (Lipinski definition) is 1. The van der Waals surface area contributed by atoms with Crippen molar-refractivity contribution >= 4 is 29.2 Å². The Labute approximate surface area is 103 Å². The van der Waals surface area contributed by atoms with Crippen LogP contribution in [0.3, 0.4) is 0 Å². The molecule has 0 bridgehead atoms. The number of halogens is 2. The average molecular weight is 258 g/mol. The molecule has 0 radical (unpaired) electrons. The van der Waals surface area contributed by atoms with Crippen LogP contribution in [0.2, 0.25) is 10.0 Å². The van der Waals surface area contributed by atoms with Crippen molar-refractivity contribution in [2.24, 2.45) is 0 Å². The van der Waals surface area contributed by atoms with Crippen LogP contribution in [0.25, 0.3) is 0 Å². The van der Waals surface area contributed by atoms with E-state index in [2.05, 4.69) is 0 Å². The molecular formula is C11H9Cl2NO2. The Morgan fingerprint density at radius 3 is 2.69 bits per heavy atom. The standard InChI is InChI=1S/C11H9Cl2NO2/c1-11(4-5-14,10(15)16)8-6-7(12)2-3-9(8)13/h2-3,6H,4H2,1H3,(H,15,16). The third kappa shape index (κ3) is 2.29. The summed E-state index contributed by atoms with van der Waals surface area (Å²) >= 11 is 11.7. The normalized spacial score (nSPS) is 13.9. The van der Waals surface area contributed by atoms with Crippen LogP contribution in [0.4, 0.5) is 0 Å². The molecule has 0 aliphatic heterocycles. The highest BCUT2D eigenvalue weighted by atomic mass is 35.5. The fourth-order valence-corrected chi connectivity index (χ4v) is 1.86. The Bertz CT molecular complexity index is 468. The summed E-state index contributed by atoms with van der Waals surface area (Å²) < 4.78 is 0. The van der Waals surface area contributed by atoms with Crippen LogP contribution in [0.5, 0.6) is 0 Å². The molecule has 16 heavy (non-hydrogen) atoms. The zero-order valence-electron chi connectivity index (χ0n) is 8.50. The first-order valence-corrected chi connectivity index (χ1v) is 5.23. The highest BCUT2D eigenvalue weighted by molar-refractivity contribution is 6.33. The highest BCUT2D eigenvalue weighted by Gasteiger charge is 2.37. The van der Waals surface area contributed by atoms with Crippen molar-refractivity contribution < 1.29 is 9.90 Å². The minimum Gasteiger partial charge on any atom is -0.481 e. The predicted octanol–water partition coefficient (Wildman–Crippen LogP) is 3.25. The molecule has 0 amide bonds. The Morgan fingerprint density at radius 1 is 1.56 bits per heavy atom. The molecule has 0 fully saturated rings. The smallest absolute Gasteiger partial charge is 0.314 e. The zero-order chi connectivity index (χ0) is 12.3. The van der Waals surface area contributed by atoms with E-state index in [-0.39, 0.29) is 6.42 Å². The van der Waals surface area contributed by atoms with E-state index in [9.17, 15) is 9.90 Å². The summed E-state index contributed by atoms with van der Waals surface area (Å²) in [6.07, 6.45) is -0.164. The molecule has 1 atom stereocenters. The van der Waals surface area contributed by atoms with Crippen LogP contribution in [-0.4, -0.2) is 11.1 Å². The first kappa shape index (κ1) is 12.8. The summed E-state index contributed by atoms with van der Waals surface area (Å²) in [5, 5.41) is 18.6. The maximum Gasteiger partial charge on any atom is 0.314 e. The summed E-state index contributed by atoms with van der Waals surface area (Å²) in [7, 11) is 0. The molecule has 1 unspecified atom stereocenters. The van der Waals surface area contributed by atoms with E-state index >= 15 is 0 Å². The van der Waals surface area contributed by atoms with Crippen molar-refractivity contribution in [1.82, 2.24) is 0 Å². The fraction of sp³-hybridized carbons (Fsp3) is 0.273.